The largest absolute Gasteiger partial charge is 0.496 e. The summed E-state index contributed by atoms with van der Waals surface area (Å²) >= 11 is 0. The Morgan fingerprint density at radius 1 is 1.08 bits per heavy atom. The first kappa shape index (κ1) is 16.6. The zero-order valence-corrected chi connectivity index (χ0v) is 14.3. The number of ether oxygens (including phenoxy) is 1. The van der Waals surface area contributed by atoms with Crippen LogP contribution >= 0.6 is 0 Å². The molecule has 2 aromatic carbocycles. The monoisotopic (exact) mass is 323 g/mol. The van der Waals surface area contributed by atoms with Crippen LogP contribution in [-0.4, -0.2) is 24.2 Å². The van der Waals surface area contributed by atoms with Crippen LogP contribution in [0, 0.1) is 0 Å². The van der Waals surface area contributed by atoms with E-state index in [1.54, 1.807) is 7.11 Å². The molecular weight excluding hydrogens is 298 g/mol. The van der Waals surface area contributed by atoms with E-state index in [4.69, 9.17) is 10.5 Å². The maximum Gasteiger partial charge on any atom is 0.123 e. The Hall–Kier alpha value is -2.30. The Bertz CT molecular complexity index is 807. The van der Waals surface area contributed by atoms with E-state index >= 15 is 0 Å². The van der Waals surface area contributed by atoms with Crippen LogP contribution in [0.3, 0.4) is 0 Å². The molecule has 1 aromatic heterocycles. The van der Waals surface area contributed by atoms with E-state index in [1.165, 1.54) is 10.9 Å². The molecule has 0 saturated heterocycles. The molecular formula is C20H25N3O. The van der Waals surface area contributed by atoms with E-state index in [9.17, 15) is 0 Å². The third kappa shape index (κ3) is 3.78. The lowest BCUT2D eigenvalue weighted by atomic mass is 9.93. The van der Waals surface area contributed by atoms with Crippen molar-refractivity contribution >= 4 is 10.9 Å². The summed E-state index contributed by atoms with van der Waals surface area (Å²) in [5.41, 5.74) is 9.76. The Balaban J connectivity index is 1.62. The molecule has 3 aromatic rings. The molecule has 1 heterocycles. The van der Waals surface area contributed by atoms with Crippen molar-refractivity contribution < 1.29 is 4.74 Å². The van der Waals surface area contributed by atoms with Gasteiger partial charge in [-0.05, 0) is 31.0 Å². The summed E-state index contributed by atoms with van der Waals surface area (Å²) in [7, 11) is 1.70. The van der Waals surface area contributed by atoms with Gasteiger partial charge in [0.1, 0.15) is 5.75 Å². The highest BCUT2D eigenvalue weighted by Gasteiger charge is 2.20. The molecule has 1 unspecified atom stereocenters. The summed E-state index contributed by atoms with van der Waals surface area (Å²) in [6.45, 7) is 3.55. The third-order valence-electron chi connectivity index (χ3n) is 4.31. The van der Waals surface area contributed by atoms with Crippen LogP contribution in [0.4, 0.5) is 0 Å². The number of aromatic nitrogens is 1. The molecule has 0 radical (unpaired) electrons. The molecule has 0 spiro atoms. The zero-order valence-electron chi connectivity index (χ0n) is 14.3. The quantitative estimate of drug-likeness (QED) is 0.625. The lowest BCUT2D eigenvalue weighted by molar-refractivity contribution is 0.399. The van der Waals surface area contributed by atoms with Gasteiger partial charge in [-0.25, -0.2) is 0 Å². The molecule has 0 aliphatic carbocycles. The van der Waals surface area contributed by atoms with Crippen molar-refractivity contribution in [1.82, 2.24) is 10.3 Å². The smallest absolute Gasteiger partial charge is 0.123 e. The van der Waals surface area contributed by atoms with Gasteiger partial charge in [-0.1, -0.05) is 36.4 Å². The summed E-state index contributed by atoms with van der Waals surface area (Å²) < 4.78 is 5.39. The first-order chi connectivity index (χ1) is 11.6. The summed E-state index contributed by atoms with van der Waals surface area (Å²) in [5.74, 6) is 0.903. The van der Waals surface area contributed by atoms with Gasteiger partial charge in [0.05, 0.1) is 7.11 Å². The Morgan fingerprint density at radius 3 is 2.67 bits per heavy atom. The maximum atomic E-state index is 6.53. The molecule has 0 bridgehead atoms. The van der Waals surface area contributed by atoms with E-state index in [1.807, 2.05) is 24.3 Å². The number of benzene rings is 2. The minimum Gasteiger partial charge on any atom is -0.496 e. The first-order valence-electron chi connectivity index (χ1n) is 8.25. The van der Waals surface area contributed by atoms with Crippen molar-refractivity contribution in [2.24, 2.45) is 5.73 Å². The molecule has 0 saturated carbocycles. The number of H-pyrrole nitrogens is 1. The molecule has 4 nitrogen and oxygen atoms in total. The molecule has 0 aliphatic heterocycles. The average molecular weight is 323 g/mol. The second-order valence-corrected chi connectivity index (χ2v) is 6.61. The molecule has 4 heteroatoms. The van der Waals surface area contributed by atoms with Gasteiger partial charge in [0, 0.05) is 41.3 Å². The van der Waals surface area contributed by atoms with Gasteiger partial charge < -0.3 is 20.8 Å². The maximum absolute atomic E-state index is 6.53. The molecule has 3 rings (SSSR count). The van der Waals surface area contributed by atoms with E-state index in [2.05, 4.69) is 47.7 Å². The number of hydrogen-bond donors (Lipinski definition) is 3. The van der Waals surface area contributed by atoms with Gasteiger partial charge in [-0.3, -0.25) is 0 Å². The highest BCUT2D eigenvalue weighted by Crippen LogP contribution is 2.22. The van der Waals surface area contributed by atoms with Gasteiger partial charge in [0.25, 0.3) is 0 Å². The minimum atomic E-state index is -0.326. The number of fused-ring (bicyclic) bond motifs is 1. The molecule has 1 atom stereocenters. The topological polar surface area (TPSA) is 63.1 Å². The predicted octanol–water partition coefficient (Wildman–Crippen LogP) is 3.23. The van der Waals surface area contributed by atoms with E-state index in [0.29, 0.717) is 0 Å². The Morgan fingerprint density at radius 2 is 1.83 bits per heavy atom. The second kappa shape index (κ2) is 7.07. The summed E-state index contributed by atoms with van der Waals surface area (Å²) in [5, 5.41) is 4.71. The summed E-state index contributed by atoms with van der Waals surface area (Å²) in [6, 6.07) is 16.4. The molecule has 24 heavy (non-hydrogen) atoms. The second-order valence-electron chi connectivity index (χ2n) is 6.61. The number of nitrogens with two attached hydrogens (primary N) is 1. The number of hydrogen-bond acceptors (Lipinski definition) is 3. The van der Waals surface area contributed by atoms with Gasteiger partial charge >= 0.3 is 0 Å². The van der Waals surface area contributed by atoms with Crippen molar-refractivity contribution in [3.8, 4) is 5.75 Å². The van der Waals surface area contributed by atoms with Crippen molar-refractivity contribution in [2.75, 3.05) is 13.7 Å². The van der Waals surface area contributed by atoms with E-state index in [-0.39, 0.29) is 5.54 Å². The predicted molar refractivity (Wildman–Crippen MR) is 99.3 cm³/mol. The zero-order chi connectivity index (χ0) is 17.0. The number of aromatic amines is 1. The first-order valence-corrected chi connectivity index (χ1v) is 8.25. The normalized spacial score (nSPS) is 13.8. The highest BCUT2D eigenvalue weighted by molar-refractivity contribution is 5.83. The van der Waals surface area contributed by atoms with Crippen LogP contribution in [0.1, 0.15) is 18.1 Å². The van der Waals surface area contributed by atoms with Gasteiger partial charge in [0.2, 0.25) is 0 Å². The highest BCUT2D eigenvalue weighted by atomic mass is 16.5. The van der Waals surface area contributed by atoms with Crippen LogP contribution in [-0.2, 0) is 13.0 Å². The number of rotatable bonds is 7. The number of nitrogens with one attached hydrogen (secondary N) is 2. The van der Waals surface area contributed by atoms with E-state index in [0.717, 1.165) is 36.3 Å². The van der Waals surface area contributed by atoms with Crippen molar-refractivity contribution in [1.29, 1.82) is 0 Å². The molecule has 0 amide bonds. The summed E-state index contributed by atoms with van der Waals surface area (Å²) in [4.78, 5) is 3.32. The lowest BCUT2D eigenvalue weighted by Gasteiger charge is -2.25. The van der Waals surface area contributed by atoms with E-state index < -0.39 is 0 Å². The van der Waals surface area contributed by atoms with Gasteiger partial charge in [0.15, 0.2) is 0 Å². The van der Waals surface area contributed by atoms with Crippen molar-refractivity contribution in [2.45, 2.75) is 25.4 Å². The standard InChI is InChI=1S/C20H25N3O/c1-20(21,11-16-13-23-18-9-5-4-8-17(16)18)14-22-12-15-7-3-6-10-19(15)24-2/h3-10,13,22-23H,11-12,14,21H2,1-2H3. The van der Waals surface area contributed by atoms with Crippen molar-refractivity contribution in [3.63, 3.8) is 0 Å². The van der Waals surface area contributed by atoms with Crippen LogP contribution in [0.15, 0.2) is 54.7 Å². The fourth-order valence-electron chi connectivity index (χ4n) is 3.11. The Labute approximate surface area is 143 Å². The third-order valence-corrected chi connectivity index (χ3v) is 4.31. The van der Waals surface area contributed by atoms with Crippen LogP contribution in [0.25, 0.3) is 10.9 Å². The Kier molecular flexibility index (Phi) is 4.88. The van der Waals surface area contributed by atoms with Gasteiger partial charge in [-0.15, -0.1) is 0 Å². The lowest BCUT2D eigenvalue weighted by Crippen LogP contribution is -2.47. The van der Waals surface area contributed by atoms with Crippen LogP contribution in [0.5, 0.6) is 5.75 Å². The average Bonchev–Trinajstić information content (AvgIpc) is 2.98. The number of para-hydroxylation sites is 2. The summed E-state index contributed by atoms with van der Waals surface area (Å²) in [6.07, 6.45) is 2.88. The SMILES string of the molecule is COc1ccccc1CNCC(C)(N)Cc1c[nH]c2ccccc12. The van der Waals surface area contributed by atoms with Crippen LogP contribution in [0.2, 0.25) is 0 Å². The molecule has 0 fully saturated rings. The molecule has 0 aliphatic rings. The van der Waals surface area contributed by atoms with Crippen molar-refractivity contribution in [3.05, 3.63) is 65.9 Å². The molecule has 4 N–H and O–H groups in total. The minimum absolute atomic E-state index is 0.326. The fraction of sp³-hybridized carbons (Fsp3) is 0.300. The number of methoxy groups -OCH3 is 1. The fourth-order valence-corrected chi connectivity index (χ4v) is 3.11. The van der Waals surface area contributed by atoms with Crippen LogP contribution < -0.4 is 15.8 Å². The van der Waals surface area contributed by atoms with Gasteiger partial charge in [-0.2, -0.15) is 0 Å². The molecule has 126 valence electrons.